The molecule has 0 saturated carbocycles. The SMILES string of the molecule is COc1cc(C)c(Br)cc1S(=O)(=O)NCCN1CCCCC1. The highest BCUT2D eigenvalue weighted by atomic mass is 79.9. The average Bonchev–Trinajstić information content (AvgIpc) is 2.50. The summed E-state index contributed by atoms with van der Waals surface area (Å²) in [6.45, 7) is 5.17. The third-order valence-corrected chi connectivity index (χ3v) is 6.24. The Morgan fingerprint density at radius 3 is 2.59 bits per heavy atom. The van der Waals surface area contributed by atoms with E-state index in [0.29, 0.717) is 12.3 Å². The fourth-order valence-corrected chi connectivity index (χ4v) is 4.30. The molecule has 2 rings (SSSR count). The maximum Gasteiger partial charge on any atom is 0.244 e. The highest BCUT2D eigenvalue weighted by Gasteiger charge is 2.21. The summed E-state index contributed by atoms with van der Waals surface area (Å²) in [6.07, 6.45) is 3.67. The Hall–Kier alpha value is -0.630. The number of benzene rings is 1. The van der Waals surface area contributed by atoms with Gasteiger partial charge in [-0.3, -0.25) is 0 Å². The molecule has 0 aliphatic carbocycles. The molecule has 1 aliphatic rings. The summed E-state index contributed by atoms with van der Waals surface area (Å²) < 4.78 is 33.6. The number of ether oxygens (including phenoxy) is 1. The number of nitrogens with zero attached hydrogens (tertiary/aromatic N) is 1. The topological polar surface area (TPSA) is 58.6 Å². The molecule has 1 N–H and O–H groups in total. The van der Waals surface area contributed by atoms with Gasteiger partial charge in [-0.05, 0) is 50.6 Å². The number of sulfonamides is 1. The van der Waals surface area contributed by atoms with Crippen LogP contribution in [0.2, 0.25) is 0 Å². The van der Waals surface area contributed by atoms with Crippen LogP contribution in [0.25, 0.3) is 0 Å². The lowest BCUT2D eigenvalue weighted by molar-refractivity contribution is 0.232. The second kappa shape index (κ2) is 7.77. The molecule has 0 spiro atoms. The van der Waals surface area contributed by atoms with Crippen LogP contribution >= 0.6 is 15.9 Å². The molecular weight excluding hydrogens is 368 g/mol. The molecule has 0 atom stereocenters. The van der Waals surface area contributed by atoms with Gasteiger partial charge in [-0.25, -0.2) is 13.1 Å². The zero-order valence-corrected chi connectivity index (χ0v) is 15.5. The highest BCUT2D eigenvalue weighted by molar-refractivity contribution is 9.10. The molecular formula is C15H23BrN2O3S. The standard InChI is InChI=1S/C15H23BrN2O3S/c1-12-10-14(21-2)15(11-13(12)16)22(19,20)17-6-9-18-7-4-3-5-8-18/h10-11,17H,3-9H2,1-2H3. The average molecular weight is 391 g/mol. The van der Waals surface area contributed by atoms with Crippen molar-refractivity contribution in [3.05, 3.63) is 22.2 Å². The molecule has 0 aromatic heterocycles. The minimum absolute atomic E-state index is 0.172. The van der Waals surface area contributed by atoms with Crippen molar-refractivity contribution in [3.8, 4) is 5.75 Å². The Balaban J connectivity index is 2.04. The van der Waals surface area contributed by atoms with E-state index in [1.165, 1.54) is 26.4 Å². The van der Waals surface area contributed by atoms with Crippen molar-refractivity contribution in [2.24, 2.45) is 0 Å². The van der Waals surface area contributed by atoms with Gasteiger partial charge in [-0.1, -0.05) is 22.4 Å². The number of hydrogen-bond donors (Lipinski definition) is 1. The summed E-state index contributed by atoms with van der Waals surface area (Å²) in [7, 11) is -2.09. The predicted molar refractivity (Wildman–Crippen MR) is 90.9 cm³/mol. The monoisotopic (exact) mass is 390 g/mol. The van der Waals surface area contributed by atoms with E-state index in [-0.39, 0.29) is 4.90 Å². The van der Waals surface area contributed by atoms with Crippen molar-refractivity contribution >= 4 is 26.0 Å². The van der Waals surface area contributed by atoms with Crippen molar-refractivity contribution in [1.82, 2.24) is 9.62 Å². The van der Waals surface area contributed by atoms with Crippen molar-refractivity contribution in [1.29, 1.82) is 0 Å². The minimum Gasteiger partial charge on any atom is -0.495 e. The summed E-state index contributed by atoms with van der Waals surface area (Å²) in [5.41, 5.74) is 0.934. The summed E-state index contributed by atoms with van der Waals surface area (Å²) in [4.78, 5) is 2.47. The van der Waals surface area contributed by atoms with Crippen LogP contribution in [0.4, 0.5) is 0 Å². The third kappa shape index (κ3) is 4.44. The first-order chi connectivity index (χ1) is 10.4. The van der Waals surface area contributed by atoms with E-state index in [0.717, 1.165) is 29.7 Å². The summed E-state index contributed by atoms with van der Waals surface area (Å²) in [5.74, 6) is 0.367. The minimum atomic E-state index is -3.57. The molecule has 1 aromatic rings. The Morgan fingerprint density at radius 2 is 1.95 bits per heavy atom. The molecule has 0 radical (unpaired) electrons. The molecule has 7 heteroatoms. The van der Waals surface area contributed by atoms with E-state index in [9.17, 15) is 8.42 Å². The Morgan fingerprint density at radius 1 is 1.27 bits per heavy atom. The van der Waals surface area contributed by atoms with Crippen LogP contribution < -0.4 is 9.46 Å². The van der Waals surface area contributed by atoms with E-state index < -0.39 is 10.0 Å². The van der Waals surface area contributed by atoms with Crippen LogP contribution in [0.3, 0.4) is 0 Å². The number of rotatable bonds is 6. The number of halogens is 1. The second-order valence-electron chi connectivity index (χ2n) is 5.55. The van der Waals surface area contributed by atoms with Crippen LogP contribution in [0.1, 0.15) is 24.8 Å². The van der Waals surface area contributed by atoms with Gasteiger partial charge in [0, 0.05) is 17.6 Å². The van der Waals surface area contributed by atoms with Crippen LogP contribution in [0, 0.1) is 6.92 Å². The van der Waals surface area contributed by atoms with Gasteiger partial charge in [-0.15, -0.1) is 0 Å². The first kappa shape index (κ1) is 17.7. The van der Waals surface area contributed by atoms with Crippen LogP contribution in [-0.4, -0.2) is 46.6 Å². The van der Waals surface area contributed by atoms with Crippen LogP contribution in [-0.2, 0) is 10.0 Å². The number of nitrogens with one attached hydrogen (secondary N) is 1. The number of aryl methyl sites for hydroxylation is 1. The molecule has 1 heterocycles. The third-order valence-electron chi connectivity index (χ3n) is 3.90. The smallest absolute Gasteiger partial charge is 0.244 e. The second-order valence-corrected chi connectivity index (χ2v) is 8.14. The molecule has 124 valence electrons. The van der Waals surface area contributed by atoms with E-state index >= 15 is 0 Å². The molecule has 0 amide bonds. The van der Waals surface area contributed by atoms with Gasteiger partial charge < -0.3 is 9.64 Å². The number of hydrogen-bond acceptors (Lipinski definition) is 4. The Kier molecular flexibility index (Phi) is 6.26. The number of methoxy groups -OCH3 is 1. The highest BCUT2D eigenvalue weighted by Crippen LogP contribution is 2.30. The van der Waals surface area contributed by atoms with Crippen LogP contribution in [0.5, 0.6) is 5.75 Å². The molecule has 0 bridgehead atoms. The summed E-state index contributed by atoms with van der Waals surface area (Å²) >= 11 is 3.38. The van der Waals surface area contributed by atoms with Gasteiger partial charge in [0.1, 0.15) is 10.6 Å². The summed E-state index contributed by atoms with van der Waals surface area (Å²) in [6, 6.07) is 3.32. The normalized spacial score (nSPS) is 16.7. The summed E-state index contributed by atoms with van der Waals surface area (Å²) in [5, 5.41) is 0. The zero-order valence-electron chi connectivity index (χ0n) is 13.1. The van der Waals surface area contributed by atoms with Crippen molar-refractivity contribution in [3.63, 3.8) is 0 Å². The zero-order chi connectivity index (χ0) is 16.2. The fraction of sp³-hybridized carbons (Fsp3) is 0.600. The quantitative estimate of drug-likeness (QED) is 0.810. The molecule has 1 aromatic carbocycles. The maximum atomic E-state index is 12.5. The van der Waals surface area contributed by atoms with E-state index in [2.05, 4.69) is 25.6 Å². The Bertz CT molecular complexity index is 613. The lowest BCUT2D eigenvalue weighted by Crippen LogP contribution is -2.37. The van der Waals surface area contributed by atoms with Gasteiger partial charge in [0.25, 0.3) is 0 Å². The first-order valence-corrected chi connectivity index (χ1v) is 9.78. The molecule has 1 fully saturated rings. The van der Waals surface area contributed by atoms with Crippen molar-refractivity contribution in [2.45, 2.75) is 31.1 Å². The number of piperidine rings is 1. The van der Waals surface area contributed by atoms with E-state index in [1.54, 1.807) is 12.1 Å². The van der Waals surface area contributed by atoms with Gasteiger partial charge in [0.15, 0.2) is 0 Å². The molecule has 0 unspecified atom stereocenters. The lowest BCUT2D eigenvalue weighted by atomic mass is 10.1. The van der Waals surface area contributed by atoms with Gasteiger partial charge in [0.2, 0.25) is 10.0 Å². The molecule has 1 saturated heterocycles. The maximum absolute atomic E-state index is 12.5. The first-order valence-electron chi connectivity index (χ1n) is 7.50. The van der Waals surface area contributed by atoms with E-state index in [1.807, 2.05) is 6.92 Å². The largest absolute Gasteiger partial charge is 0.495 e. The Labute approximate surface area is 141 Å². The van der Waals surface area contributed by atoms with Crippen molar-refractivity contribution < 1.29 is 13.2 Å². The molecule has 22 heavy (non-hydrogen) atoms. The van der Waals surface area contributed by atoms with Gasteiger partial charge in [-0.2, -0.15) is 0 Å². The van der Waals surface area contributed by atoms with Gasteiger partial charge >= 0.3 is 0 Å². The van der Waals surface area contributed by atoms with Crippen LogP contribution in [0.15, 0.2) is 21.5 Å². The molecule has 5 nitrogen and oxygen atoms in total. The lowest BCUT2D eigenvalue weighted by Gasteiger charge is -2.26. The number of likely N-dealkylation sites (tertiary alicyclic amines) is 1. The van der Waals surface area contributed by atoms with Gasteiger partial charge in [0.05, 0.1) is 7.11 Å². The fourth-order valence-electron chi connectivity index (χ4n) is 2.61. The molecule has 1 aliphatic heterocycles. The van der Waals surface area contributed by atoms with Crippen molar-refractivity contribution in [2.75, 3.05) is 33.3 Å². The van der Waals surface area contributed by atoms with E-state index in [4.69, 9.17) is 4.74 Å². The predicted octanol–water partition coefficient (Wildman–Crippen LogP) is 2.53.